The first-order valence-electron chi connectivity index (χ1n) is 11.9. The fraction of sp³-hybridized carbons (Fsp3) is 0.333. The molecule has 5 rings (SSSR count). The van der Waals surface area contributed by atoms with Crippen molar-refractivity contribution in [2.75, 3.05) is 25.5 Å². The minimum Gasteiger partial charge on any atom is -0.338 e. The summed E-state index contributed by atoms with van der Waals surface area (Å²) >= 11 is 0. The number of nitrogens with zero attached hydrogens (tertiary/aromatic N) is 4. The summed E-state index contributed by atoms with van der Waals surface area (Å²) in [7, 11) is 1.85. The maximum absolute atomic E-state index is 13.7. The first-order valence-corrected chi connectivity index (χ1v) is 11.9. The third kappa shape index (κ3) is 4.48. The van der Waals surface area contributed by atoms with Gasteiger partial charge in [-0.3, -0.25) is 9.59 Å². The number of likely N-dealkylation sites (tertiary alicyclic amines) is 2. The summed E-state index contributed by atoms with van der Waals surface area (Å²) < 4.78 is 13.7. The number of hydrogen-bond donors (Lipinski definition) is 1. The van der Waals surface area contributed by atoms with Crippen LogP contribution in [0, 0.1) is 5.82 Å². The van der Waals surface area contributed by atoms with Gasteiger partial charge in [0.1, 0.15) is 5.82 Å². The molecule has 180 valence electrons. The summed E-state index contributed by atoms with van der Waals surface area (Å²) in [4.78, 5) is 38.6. The van der Waals surface area contributed by atoms with Crippen LogP contribution in [0.2, 0.25) is 0 Å². The van der Waals surface area contributed by atoms with Crippen molar-refractivity contribution in [1.29, 1.82) is 0 Å². The molecule has 2 atom stereocenters. The lowest BCUT2D eigenvalue weighted by atomic mass is 9.78. The van der Waals surface area contributed by atoms with Crippen molar-refractivity contribution in [3.05, 3.63) is 83.9 Å². The number of nitrogens with one attached hydrogen (secondary N) is 1. The number of carbonyl (C=O) groups is 2. The van der Waals surface area contributed by atoms with E-state index in [4.69, 9.17) is 0 Å². The van der Waals surface area contributed by atoms with E-state index in [1.165, 1.54) is 12.1 Å². The molecular weight excluding hydrogens is 445 g/mol. The van der Waals surface area contributed by atoms with Gasteiger partial charge < -0.3 is 15.1 Å². The number of rotatable bonds is 4. The summed E-state index contributed by atoms with van der Waals surface area (Å²) in [5.41, 5.74) is 1.69. The SMILES string of the molecule is CN1C(=O)CCCC[C@]12CN(C(=O)c1cccc(Nc3ncccn3)c1)C[C@H]2c1ccc(F)cc1. The molecule has 2 aliphatic heterocycles. The molecule has 7 nitrogen and oxygen atoms in total. The molecule has 2 fully saturated rings. The van der Waals surface area contributed by atoms with Gasteiger partial charge in [0.2, 0.25) is 11.9 Å². The van der Waals surface area contributed by atoms with Gasteiger partial charge in [0.25, 0.3) is 5.91 Å². The number of carbonyl (C=O) groups excluding carboxylic acids is 2. The van der Waals surface area contributed by atoms with Crippen molar-refractivity contribution < 1.29 is 14.0 Å². The van der Waals surface area contributed by atoms with Gasteiger partial charge in [-0.25, -0.2) is 14.4 Å². The van der Waals surface area contributed by atoms with E-state index in [9.17, 15) is 14.0 Å². The number of anilines is 2. The molecule has 1 spiro atoms. The maximum atomic E-state index is 13.7. The second-order valence-corrected chi connectivity index (χ2v) is 9.33. The molecule has 3 heterocycles. The zero-order valence-electron chi connectivity index (χ0n) is 19.7. The van der Waals surface area contributed by atoms with Crippen LogP contribution in [-0.2, 0) is 4.79 Å². The molecular formula is C27H28FN5O2. The van der Waals surface area contributed by atoms with E-state index in [1.54, 1.807) is 42.7 Å². The van der Waals surface area contributed by atoms with Crippen molar-refractivity contribution in [3.8, 4) is 0 Å². The molecule has 1 aromatic heterocycles. The highest BCUT2D eigenvalue weighted by Gasteiger charge is 2.52. The van der Waals surface area contributed by atoms with E-state index < -0.39 is 5.54 Å². The molecule has 0 aliphatic carbocycles. The largest absolute Gasteiger partial charge is 0.338 e. The minimum absolute atomic E-state index is 0.0953. The normalized spacial score (nSPS) is 22.3. The van der Waals surface area contributed by atoms with Crippen molar-refractivity contribution >= 4 is 23.5 Å². The Balaban J connectivity index is 1.45. The maximum Gasteiger partial charge on any atom is 0.254 e. The Bertz CT molecular complexity index is 1220. The summed E-state index contributed by atoms with van der Waals surface area (Å²) in [6, 6.07) is 15.5. The number of benzene rings is 2. The van der Waals surface area contributed by atoms with Crippen molar-refractivity contribution in [2.24, 2.45) is 0 Å². The van der Waals surface area contributed by atoms with Crippen LogP contribution in [-0.4, -0.2) is 57.3 Å². The van der Waals surface area contributed by atoms with Gasteiger partial charge in [-0.2, -0.15) is 0 Å². The monoisotopic (exact) mass is 473 g/mol. The molecule has 0 radical (unpaired) electrons. The molecule has 2 aliphatic rings. The molecule has 35 heavy (non-hydrogen) atoms. The van der Waals surface area contributed by atoms with Gasteiger partial charge >= 0.3 is 0 Å². The van der Waals surface area contributed by atoms with Crippen molar-refractivity contribution in [3.63, 3.8) is 0 Å². The molecule has 2 amide bonds. The van der Waals surface area contributed by atoms with Gasteiger partial charge in [0, 0.05) is 56.1 Å². The lowest BCUT2D eigenvalue weighted by Crippen LogP contribution is -2.53. The van der Waals surface area contributed by atoms with Crippen LogP contribution in [0.25, 0.3) is 0 Å². The smallest absolute Gasteiger partial charge is 0.254 e. The van der Waals surface area contributed by atoms with Crippen LogP contribution in [0.4, 0.5) is 16.0 Å². The highest BCUT2D eigenvalue weighted by molar-refractivity contribution is 5.95. The Hall–Kier alpha value is -3.81. The predicted molar refractivity (Wildman–Crippen MR) is 131 cm³/mol. The highest BCUT2D eigenvalue weighted by Crippen LogP contribution is 2.45. The number of hydrogen-bond acceptors (Lipinski definition) is 5. The van der Waals surface area contributed by atoms with Crippen LogP contribution in [0.15, 0.2) is 67.0 Å². The Morgan fingerprint density at radius 1 is 1.09 bits per heavy atom. The Morgan fingerprint density at radius 2 is 1.86 bits per heavy atom. The molecule has 3 aromatic rings. The fourth-order valence-electron chi connectivity index (χ4n) is 5.45. The van der Waals surface area contributed by atoms with Crippen LogP contribution in [0.1, 0.15) is 47.5 Å². The van der Waals surface area contributed by atoms with Crippen LogP contribution in [0.5, 0.6) is 0 Å². The number of aromatic nitrogens is 2. The van der Waals surface area contributed by atoms with Gasteiger partial charge in [-0.15, -0.1) is 0 Å². The first kappa shape index (κ1) is 23.0. The Kier molecular flexibility index (Phi) is 6.19. The summed E-state index contributed by atoms with van der Waals surface area (Å²) in [6.45, 7) is 0.900. The van der Waals surface area contributed by atoms with Gasteiger partial charge in [-0.05, 0) is 54.8 Å². The van der Waals surface area contributed by atoms with Gasteiger partial charge in [-0.1, -0.05) is 24.6 Å². The van der Waals surface area contributed by atoms with Gasteiger partial charge in [0.05, 0.1) is 5.54 Å². The Morgan fingerprint density at radius 3 is 2.63 bits per heavy atom. The highest BCUT2D eigenvalue weighted by atomic mass is 19.1. The fourth-order valence-corrected chi connectivity index (χ4v) is 5.45. The van der Waals surface area contributed by atoms with E-state index >= 15 is 0 Å². The molecule has 2 saturated heterocycles. The Labute approximate surface area is 204 Å². The number of amides is 2. The van der Waals surface area contributed by atoms with Crippen molar-refractivity contribution in [2.45, 2.75) is 37.1 Å². The van der Waals surface area contributed by atoms with E-state index in [-0.39, 0.29) is 23.5 Å². The lowest BCUT2D eigenvalue weighted by Gasteiger charge is -2.42. The lowest BCUT2D eigenvalue weighted by molar-refractivity contribution is -0.134. The molecule has 1 N–H and O–H groups in total. The molecule has 0 saturated carbocycles. The van der Waals surface area contributed by atoms with Crippen LogP contribution < -0.4 is 5.32 Å². The zero-order valence-corrected chi connectivity index (χ0v) is 19.7. The predicted octanol–water partition coefficient (Wildman–Crippen LogP) is 4.37. The average molecular weight is 474 g/mol. The third-order valence-electron chi connectivity index (χ3n) is 7.30. The molecule has 2 aromatic carbocycles. The average Bonchev–Trinajstić information content (AvgIpc) is 3.21. The van der Waals surface area contributed by atoms with E-state index in [2.05, 4.69) is 15.3 Å². The topological polar surface area (TPSA) is 78.4 Å². The standard InChI is InChI=1S/C27H28FN5O2/c1-32-24(34)8-2-3-13-27(32)18-33(17-23(27)19-9-11-21(28)12-10-19)25(35)20-6-4-7-22(16-20)31-26-29-14-5-15-30-26/h4-7,9-12,14-16,23H,2-3,8,13,17-18H2,1H3,(H,29,30,31)/t23-,27+/m0/s1. The van der Waals surface area contributed by atoms with E-state index in [0.29, 0.717) is 36.7 Å². The summed E-state index contributed by atoms with van der Waals surface area (Å²) in [6.07, 6.45) is 6.35. The molecule has 0 bridgehead atoms. The quantitative estimate of drug-likeness (QED) is 0.609. The van der Waals surface area contributed by atoms with Gasteiger partial charge in [0.15, 0.2) is 0 Å². The second-order valence-electron chi connectivity index (χ2n) is 9.33. The van der Waals surface area contributed by atoms with E-state index in [0.717, 1.165) is 24.8 Å². The van der Waals surface area contributed by atoms with Crippen molar-refractivity contribution in [1.82, 2.24) is 19.8 Å². The summed E-state index contributed by atoms with van der Waals surface area (Å²) in [5.74, 6) is 0.0470. The van der Waals surface area contributed by atoms with E-state index in [1.807, 2.05) is 29.0 Å². The first-order chi connectivity index (χ1) is 17.0. The number of likely N-dealkylation sites (N-methyl/N-ethyl adjacent to an activating group) is 1. The zero-order chi connectivity index (χ0) is 24.4. The second kappa shape index (κ2) is 9.44. The number of halogens is 1. The third-order valence-corrected chi connectivity index (χ3v) is 7.30. The van der Waals surface area contributed by atoms with Crippen LogP contribution in [0.3, 0.4) is 0 Å². The summed E-state index contributed by atoms with van der Waals surface area (Å²) in [5, 5.41) is 3.13. The van der Waals surface area contributed by atoms with Crippen LogP contribution >= 0.6 is 0 Å². The minimum atomic E-state index is -0.519. The molecule has 0 unspecified atom stereocenters. The molecule has 8 heteroatoms.